The van der Waals surface area contributed by atoms with Crippen molar-refractivity contribution in [3.8, 4) is 11.1 Å². The molecule has 0 saturated carbocycles. The molecule has 2 aromatic carbocycles. The molecule has 8 heteroatoms. The van der Waals surface area contributed by atoms with Crippen LogP contribution in [0, 0.1) is 5.41 Å². The maximum atomic E-state index is 12.5. The van der Waals surface area contributed by atoms with Gasteiger partial charge in [0.1, 0.15) is 12.6 Å². The number of alkyl carbamates (subject to hydrolysis) is 1. The lowest BCUT2D eigenvalue weighted by Gasteiger charge is -2.28. The van der Waals surface area contributed by atoms with Crippen molar-refractivity contribution >= 4 is 29.7 Å². The lowest BCUT2D eigenvalue weighted by Crippen LogP contribution is -2.46. The molecule has 7 nitrogen and oxygen atoms in total. The van der Waals surface area contributed by atoms with Gasteiger partial charge in [-0.1, -0.05) is 62.4 Å². The lowest BCUT2D eigenvalue weighted by molar-refractivity contribution is -0.150. The zero-order chi connectivity index (χ0) is 24.3. The first kappa shape index (κ1) is 24.1. The predicted octanol–water partition coefficient (Wildman–Crippen LogP) is 3.97. The van der Waals surface area contributed by atoms with Crippen LogP contribution in [0.25, 0.3) is 11.1 Å². The van der Waals surface area contributed by atoms with E-state index in [0.717, 1.165) is 11.1 Å². The third kappa shape index (κ3) is 4.92. The number of aliphatic carboxylic acids is 1. The molecule has 2 aromatic rings. The van der Waals surface area contributed by atoms with Gasteiger partial charge in [0.05, 0.1) is 5.75 Å². The molecule has 1 aliphatic heterocycles. The Labute approximate surface area is 203 Å². The maximum absolute atomic E-state index is 12.5. The van der Waals surface area contributed by atoms with Crippen LogP contribution < -0.4 is 5.32 Å². The molecular formula is C26H30N2O5S. The van der Waals surface area contributed by atoms with Gasteiger partial charge in [-0.2, -0.15) is 11.8 Å². The Balaban J connectivity index is 1.20. The Kier molecular flexibility index (Phi) is 7.16. The summed E-state index contributed by atoms with van der Waals surface area (Å²) in [5.74, 6) is -0.407. The van der Waals surface area contributed by atoms with E-state index >= 15 is 0 Å². The van der Waals surface area contributed by atoms with Gasteiger partial charge in [0.25, 0.3) is 0 Å². The van der Waals surface area contributed by atoms with E-state index in [1.165, 1.54) is 27.8 Å². The third-order valence-corrected chi connectivity index (χ3v) is 7.63. The molecular weight excluding hydrogens is 452 g/mol. The highest BCUT2D eigenvalue weighted by atomic mass is 32.2. The van der Waals surface area contributed by atoms with Crippen LogP contribution in [-0.2, 0) is 14.3 Å². The van der Waals surface area contributed by atoms with Gasteiger partial charge in [-0.05, 0) is 34.1 Å². The van der Waals surface area contributed by atoms with Crippen LogP contribution in [0.5, 0.6) is 0 Å². The number of hydrogen-bond donors (Lipinski definition) is 2. The Hall–Kier alpha value is -3.00. The minimum atomic E-state index is -0.960. The summed E-state index contributed by atoms with van der Waals surface area (Å²) in [6.45, 7) is 4.84. The van der Waals surface area contributed by atoms with Gasteiger partial charge in [-0.3, -0.25) is 4.79 Å². The second-order valence-corrected chi connectivity index (χ2v) is 10.5. The van der Waals surface area contributed by atoms with Crippen molar-refractivity contribution in [3.63, 3.8) is 0 Å². The number of carbonyl (C=O) groups is 3. The zero-order valence-corrected chi connectivity index (χ0v) is 20.3. The van der Waals surface area contributed by atoms with Crippen LogP contribution in [0.15, 0.2) is 48.5 Å². The van der Waals surface area contributed by atoms with Gasteiger partial charge in [-0.15, -0.1) is 0 Å². The van der Waals surface area contributed by atoms with Crippen LogP contribution in [0.3, 0.4) is 0 Å². The van der Waals surface area contributed by atoms with E-state index in [9.17, 15) is 19.5 Å². The summed E-state index contributed by atoms with van der Waals surface area (Å²) in [5.41, 5.74) is 4.25. The van der Waals surface area contributed by atoms with Crippen LogP contribution in [0.4, 0.5) is 4.79 Å². The minimum absolute atomic E-state index is 0.0111. The molecule has 4 rings (SSSR count). The number of hydrogen-bond acceptors (Lipinski definition) is 5. The van der Waals surface area contributed by atoms with Crippen molar-refractivity contribution in [3.05, 3.63) is 59.7 Å². The van der Waals surface area contributed by atoms with E-state index in [1.54, 1.807) is 0 Å². The van der Waals surface area contributed by atoms with Crippen molar-refractivity contribution in [2.45, 2.75) is 32.2 Å². The first-order valence-corrected chi connectivity index (χ1v) is 12.6. The van der Waals surface area contributed by atoms with E-state index in [-0.39, 0.29) is 24.2 Å². The number of carboxylic acid groups (broad SMARTS) is 1. The fourth-order valence-electron chi connectivity index (χ4n) is 4.95. The molecule has 2 amide bonds. The average Bonchev–Trinajstić information content (AvgIpc) is 3.31. The number of carbonyl (C=O) groups excluding carboxylic acids is 2. The molecule has 0 bridgehead atoms. The second kappa shape index (κ2) is 10.1. The van der Waals surface area contributed by atoms with Crippen molar-refractivity contribution in [2.75, 3.05) is 31.2 Å². The molecule has 2 aliphatic rings. The highest BCUT2D eigenvalue weighted by Crippen LogP contribution is 2.44. The number of amides is 2. The molecule has 0 aromatic heterocycles. The lowest BCUT2D eigenvalue weighted by atomic mass is 9.85. The number of ether oxygens (including phenoxy) is 1. The van der Waals surface area contributed by atoms with Gasteiger partial charge in [0.15, 0.2) is 0 Å². The van der Waals surface area contributed by atoms with Gasteiger partial charge in [0, 0.05) is 24.8 Å². The Morgan fingerprint density at radius 2 is 1.71 bits per heavy atom. The Morgan fingerprint density at radius 3 is 2.32 bits per heavy atom. The first-order chi connectivity index (χ1) is 16.3. The fraction of sp³-hybridized carbons (Fsp3) is 0.423. The molecule has 1 saturated heterocycles. The van der Waals surface area contributed by atoms with Crippen LogP contribution in [0.1, 0.15) is 37.3 Å². The van der Waals surface area contributed by atoms with E-state index in [4.69, 9.17) is 4.74 Å². The number of likely N-dealkylation sites (tertiary alicyclic amines) is 1. The van der Waals surface area contributed by atoms with Crippen LogP contribution in [0.2, 0.25) is 0 Å². The molecule has 1 heterocycles. The summed E-state index contributed by atoms with van der Waals surface area (Å²) in [4.78, 5) is 37.8. The topological polar surface area (TPSA) is 95.9 Å². The van der Waals surface area contributed by atoms with Crippen molar-refractivity contribution in [1.29, 1.82) is 0 Å². The molecule has 34 heavy (non-hydrogen) atoms. The van der Waals surface area contributed by atoms with Crippen LogP contribution in [-0.4, -0.2) is 65.2 Å². The van der Waals surface area contributed by atoms with Gasteiger partial charge in [-0.25, -0.2) is 9.59 Å². The fourth-order valence-corrected chi connectivity index (χ4v) is 5.68. The highest BCUT2D eigenvalue weighted by molar-refractivity contribution is 7.99. The molecule has 0 spiro atoms. The molecule has 2 N–H and O–H groups in total. The zero-order valence-electron chi connectivity index (χ0n) is 19.5. The van der Waals surface area contributed by atoms with E-state index < -0.39 is 23.5 Å². The number of benzene rings is 2. The number of nitrogens with one attached hydrogen (secondary N) is 1. The third-order valence-electron chi connectivity index (χ3n) is 6.69. The first-order valence-electron chi connectivity index (χ1n) is 11.5. The van der Waals surface area contributed by atoms with Crippen molar-refractivity contribution < 1.29 is 24.2 Å². The molecule has 1 aliphatic carbocycles. The molecule has 1 atom stereocenters. The molecule has 1 fully saturated rings. The monoisotopic (exact) mass is 482 g/mol. The molecule has 1 unspecified atom stereocenters. The molecule has 180 valence electrons. The van der Waals surface area contributed by atoms with Gasteiger partial charge < -0.3 is 20.1 Å². The van der Waals surface area contributed by atoms with E-state index in [0.29, 0.717) is 25.3 Å². The molecule has 0 radical (unpaired) electrons. The minimum Gasteiger partial charge on any atom is -0.480 e. The van der Waals surface area contributed by atoms with Gasteiger partial charge in [0.2, 0.25) is 5.91 Å². The smallest absolute Gasteiger partial charge is 0.407 e. The second-order valence-electron chi connectivity index (χ2n) is 9.37. The Bertz CT molecular complexity index is 1040. The summed E-state index contributed by atoms with van der Waals surface area (Å²) < 4.78 is 5.51. The maximum Gasteiger partial charge on any atom is 0.407 e. The van der Waals surface area contributed by atoms with Crippen LogP contribution >= 0.6 is 11.8 Å². The summed E-state index contributed by atoms with van der Waals surface area (Å²) in [6, 6.07) is 15.6. The standard InChI is InChI=1S/C26H30N2O5S/c1-26(2)11-13-28(23(26)24(30)31)22(29)16-34-14-12-27-25(32)33-15-21-19-9-5-3-7-17(19)18-8-4-6-10-20(18)21/h3-10,21,23H,11-16H2,1-2H3,(H,27,32)(H,30,31). The number of nitrogens with zero attached hydrogens (tertiary/aromatic N) is 1. The predicted molar refractivity (Wildman–Crippen MR) is 132 cm³/mol. The van der Waals surface area contributed by atoms with E-state index in [1.807, 2.05) is 38.1 Å². The number of rotatable bonds is 8. The summed E-state index contributed by atoms with van der Waals surface area (Å²) >= 11 is 1.37. The quantitative estimate of drug-likeness (QED) is 0.553. The highest BCUT2D eigenvalue weighted by Gasteiger charge is 2.46. The van der Waals surface area contributed by atoms with Crippen molar-refractivity contribution in [1.82, 2.24) is 10.2 Å². The normalized spacial score (nSPS) is 18.3. The van der Waals surface area contributed by atoms with Gasteiger partial charge >= 0.3 is 12.1 Å². The summed E-state index contributed by atoms with van der Waals surface area (Å²) in [5, 5.41) is 12.3. The average molecular weight is 483 g/mol. The summed E-state index contributed by atoms with van der Waals surface area (Å²) in [7, 11) is 0. The van der Waals surface area contributed by atoms with Crippen molar-refractivity contribution in [2.24, 2.45) is 5.41 Å². The SMILES string of the molecule is CC1(C)CCN(C(=O)CSCCNC(=O)OCC2c3ccccc3-c3ccccc32)C1C(=O)O. The van der Waals surface area contributed by atoms with E-state index in [2.05, 4.69) is 29.6 Å². The Morgan fingerprint density at radius 1 is 1.09 bits per heavy atom. The summed E-state index contributed by atoms with van der Waals surface area (Å²) in [6.07, 6.45) is 0.185. The number of carboxylic acids is 1. The number of fused-ring (bicyclic) bond motifs is 3. The number of thioether (sulfide) groups is 1. The largest absolute Gasteiger partial charge is 0.480 e.